The number of anilines is 1. The summed E-state index contributed by atoms with van der Waals surface area (Å²) in [5.41, 5.74) is 4.65. The van der Waals surface area contributed by atoms with Gasteiger partial charge < -0.3 is 0 Å². The molecule has 0 saturated carbocycles. The van der Waals surface area contributed by atoms with Crippen molar-refractivity contribution < 1.29 is 4.79 Å². The molecule has 4 aromatic rings. The second-order valence-corrected chi connectivity index (χ2v) is 9.76. The number of rotatable bonds is 4. The van der Waals surface area contributed by atoms with Crippen molar-refractivity contribution in [2.24, 2.45) is 0 Å². The maximum absolute atomic E-state index is 13.4. The van der Waals surface area contributed by atoms with E-state index in [9.17, 15) is 4.79 Å². The van der Waals surface area contributed by atoms with Crippen molar-refractivity contribution >= 4 is 67.1 Å². The zero-order chi connectivity index (χ0) is 19.8. The fraction of sp³-hybridized carbons (Fsp3) is 0.143. The third kappa shape index (κ3) is 3.67. The molecule has 0 aliphatic carbocycles. The quantitative estimate of drug-likeness (QED) is 0.333. The van der Waals surface area contributed by atoms with Crippen molar-refractivity contribution in [1.29, 1.82) is 0 Å². The average molecular weight is 447 g/mol. The third-order valence-electron chi connectivity index (χ3n) is 4.62. The van der Waals surface area contributed by atoms with Gasteiger partial charge in [0.05, 0.1) is 26.7 Å². The molecule has 28 heavy (non-hydrogen) atoms. The monoisotopic (exact) mass is 446 g/mol. The summed E-state index contributed by atoms with van der Waals surface area (Å²) < 4.78 is 1.93. The van der Waals surface area contributed by atoms with E-state index in [1.165, 1.54) is 28.2 Å². The highest BCUT2D eigenvalue weighted by Gasteiger charge is 2.25. The minimum atomic E-state index is -0.203. The van der Waals surface area contributed by atoms with E-state index >= 15 is 0 Å². The molecule has 1 amide bonds. The lowest BCUT2D eigenvalue weighted by atomic mass is 10.1. The van der Waals surface area contributed by atoms with Gasteiger partial charge in [-0.2, -0.15) is 0 Å². The van der Waals surface area contributed by atoms with Crippen molar-refractivity contribution in [3.05, 3.63) is 79.5 Å². The number of carbonyl (C=O) groups excluding carboxylic acids is 1. The van der Waals surface area contributed by atoms with Crippen LogP contribution in [-0.4, -0.2) is 10.9 Å². The van der Waals surface area contributed by atoms with Gasteiger partial charge in [-0.1, -0.05) is 70.9 Å². The first-order valence-corrected chi connectivity index (χ1v) is 11.0. The van der Waals surface area contributed by atoms with E-state index in [1.807, 2.05) is 30.3 Å². The number of amides is 1. The highest BCUT2D eigenvalue weighted by molar-refractivity contribution is 7.22. The van der Waals surface area contributed by atoms with E-state index in [1.54, 1.807) is 11.0 Å². The first-order valence-electron chi connectivity index (χ1n) is 8.61. The molecule has 7 heteroatoms. The highest BCUT2D eigenvalue weighted by atomic mass is 35.5. The molecule has 0 atom stereocenters. The summed E-state index contributed by atoms with van der Waals surface area (Å²) >= 11 is 15.0. The summed E-state index contributed by atoms with van der Waals surface area (Å²) in [6, 6.07) is 15.6. The fourth-order valence-electron chi connectivity index (χ4n) is 2.95. The van der Waals surface area contributed by atoms with Crippen LogP contribution in [-0.2, 0) is 6.54 Å². The number of fused-ring (bicyclic) bond motifs is 1. The lowest BCUT2D eigenvalue weighted by Gasteiger charge is -2.19. The first-order chi connectivity index (χ1) is 13.4. The van der Waals surface area contributed by atoms with Crippen molar-refractivity contribution in [3.8, 4) is 0 Å². The highest BCUT2D eigenvalue weighted by Crippen LogP contribution is 2.36. The second kappa shape index (κ2) is 7.84. The Morgan fingerprint density at radius 2 is 1.82 bits per heavy atom. The Balaban J connectivity index is 1.82. The van der Waals surface area contributed by atoms with E-state index in [4.69, 9.17) is 28.2 Å². The van der Waals surface area contributed by atoms with Gasteiger partial charge in [0.2, 0.25) is 0 Å². The van der Waals surface area contributed by atoms with E-state index in [0.29, 0.717) is 25.9 Å². The molecule has 0 bridgehead atoms. The Hall–Kier alpha value is -1.92. The molecule has 0 aliphatic rings. The van der Waals surface area contributed by atoms with E-state index in [0.717, 1.165) is 21.3 Å². The molecule has 0 spiro atoms. The van der Waals surface area contributed by atoms with E-state index in [-0.39, 0.29) is 5.91 Å². The molecule has 4 rings (SSSR count). The number of aryl methyl sites for hydroxylation is 2. The third-order valence-corrected chi connectivity index (χ3v) is 7.15. The van der Waals surface area contributed by atoms with Gasteiger partial charge in [-0.05, 0) is 42.7 Å². The Morgan fingerprint density at radius 1 is 1.07 bits per heavy atom. The summed E-state index contributed by atoms with van der Waals surface area (Å²) in [5.74, 6) is -0.203. The molecular weight excluding hydrogens is 431 g/mol. The molecule has 0 radical (unpaired) electrons. The molecule has 2 aromatic heterocycles. The van der Waals surface area contributed by atoms with Gasteiger partial charge in [0, 0.05) is 0 Å². The summed E-state index contributed by atoms with van der Waals surface area (Å²) in [4.78, 5) is 19.9. The molecule has 0 N–H and O–H groups in total. The van der Waals surface area contributed by atoms with Crippen LogP contribution in [0, 0.1) is 13.8 Å². The topological polar surface area (TPSA) is 33.2 Å². The molecule has 2 heterocycles. The maximum Gasteiger partial charge on any atom is 0.262 e. The lowest BCUT2D eigenvalue weighted by molar-refractivity contribution is 0.0985. The average Bonchev–Trinajstić information content (AvgIpc) is 3.26. The Bertz CT molecular complexity index is 1170. The Labute approximate surface area is 181 Å². The number of halogens is 2. The minimum Gasteiger partial charge on any atom is -0.279 e. The van der Waals surface area contributed by atoms with Crippen molar-refractivity contribution in [2.75, 3.05) is 4.90 Å². The molecule has 3 nitrogen and oxygen atoms in total. The minimum absolute atomic E-state index is 0.203. The van der Waals surface area contributed by atoms with Crippen molar-refractivity contribution in [2.45, 2.75) is 20.4 Å². The predicted molar refractivity (Wildman–Crippen MR) is 120 cm³/mol. The van der Waals surface area contributed by atoms with Crippen LogP contribution in [0.4, 0.5) is 5.13 Å². The van der Waals surface area contributed by atoms with Crippen LogP contribution in [0.3, 0.4) is 0 Å². The van der Waals surface area contributed by atoms with Crippen LogP contribution in [0.5, 0.6) is 0 Å². The molecule has 2 aromatic carbocycles. The number of aromatic nitrogens is 1. The van der Waals surface area contributed by atoms with Crippen molar-refractivity contribution in [3.63, 3.8) is 0 Å². The van der Waals surface area contributed by atoms with Gasteiger partial charge in [-0.25, -0.2) is 4.98 Å². The van der Waals surface area contributed by atoms with Crippen molar-refractivity contribution in [1.82, 2.24) is 4.98 Å². The van der Waals surface area contributed by atoms with Gasteiger partial charge in [-0.3, -0.25) is 9.69 Å². The van der Waals surface area contributed by atoms with Crippen LogP contribution in [0.15, 0.2) is 48.5 Å². The number of hydrogen-bond acceptors (Lipinski definition) is 4. The van der Waals surface area contributed by atoms with Crippen LogP contribution < -0.4 is 4.90 Å². The van der Waals surface area contributed by atoms with Gasteiger partial charge >= 0.3 is 0 Å². The zero-order valence-electron chi connectivity index (χ0n) is 15.2. The normalized spacial score (nSPS) is 11.1. The van der Waals surface area contributed by atoms with Gasteiger partial charge in [-0.15, -0.1) is 11.3 Å². The summed E-state index contributed by atoms with van der Waals surface area (Å²) in [7, 11) is 0. The second-order valence-electron chi connectivity index (χ2n) is 6.47. The molecule has 0 saturated heterocycles. The molecular formula is C21H16Cl2N2OS2. The molecule has 0 fully saturated rings. The predicted octanol–water partition coefficient (Wildman–Crippen LogP) is 7.13. The van der Waals surface area contributed by atoms with Crippen LogP contribution >= 0.6 is 45.9 Å². The number of nitrogens with zero attached hydrogens (tertiary/aromatic N) is 2. The summed E-state index contributed by atoms with van der Waals surface area (Å²) in [6.45, 7) is 4.52. The van der Waals surface area contributed by atoms with Gasteiger partial charge in [0.25, 0.3) is 5.91 Å². The number of benzene rings is 2. The van der Waals surface area contributed by atoms with Crippen LogP contribution in [0.25, 0.3) is 10.2 Å². The van der Waals surface area contributed by atoms with E-state index in [2.05, 4.69) is 26.0 Å². The number of hydrogen-bond donors (Lipinski definition) is 0. The maximum atomic E-state index is 13.4. The first kappa shape index (κ1) is 19.4. The smallest absolute Gasteiger partial charge is 0.262 e. The fourth-order valence-corrected chi connectivity index (χ4v) is 5.42. The summed E-state index contributed by atoms with van der Waals surface area (Å²) in [6.07, 6.45) is 0. The summed E-state index contributed by atoms with van der Waals surface area (Å²) in [5, 5.41) is 0.649. The Morgan fingerprint density at radius 3 is 2.50 bits per heavy atom. The molecule has 0 aliphatic heterocycles. The number of thiophene rings is 1. The van der Waals surface area contributed by atoms with Crippen LogP contribution in [0.2, 0.25) is 8.67 Å². The van der Waals surface area contributed by atoms with Gasteiger partial charge in [0.1, 0.15) is 4.34 Å². The molecule has 142 valence electrons. The zero-order valence-corrected chi connectivity index (χ0v) is 18.3. The van der Waals surface area contributed by atoms with Gasteiger partial charge in [0.15, 0.2) is 5.13 Å². The number of carbonyl (C=O) groups is 1. The number of thiazole rings is 1. The van der Waals surface area contributed by atoms with Crippen LogP contribution in [0.1, 0.15) is 27.0 Å². The Kier molecular flexibility index (Phi) is 5.43. The largest absolute Gasteiger partial charge is 0.279 e. The molecule has 0 unspecified atom stereocenters. The lowest BCUT2D eigenvalue weighted by Crippen LogP contribution is -2.30. The SMILES string of the molecule is Cc1ccc2sc(N(Cc3ccccc3)C(=O)c3cc(Cl)sc3Cl)nc2c1C. The van der Waals surface area contributed by atoms with E-state index < -0.39 is 0 Å². The standard InChI is InChI=1S/C21H16Cl2N2OS2/c1-12-8-9-16-18(13(12)2)24-21(27-16)25(11-14-6-4-3-5-7-14)20(26)15-10-17(22)28-19(15)23/h3-10H,11H2,1-2H3.